The van der Waals surface area contributed by atoms with Crippen molar-refractivity contribution >= 4 is 5.91 Å². The molecule has 1 saturated carbocycles. The summed E-state index contributed by atoms with van der Waals surface area (Å²) in [6, 6.07) is 6.77. The number of halogens is 2. The van der Waals surface area contributed by atoms with Gasteiger partial charge in [-0.15, -0.1) is 0 Å². The lowest BCUT2D eigenvalue weighted by molar-refractivity contribution is -0.123. The summed E-state index contributed by atoms with van der Waals surface area (Å²) < 4.78 is 32.6. The molecular weight excluding hydrogens is 316 g/mol. The predicted octanol–water partition coefficient (Wildman–Crippen LogP) is 3.29. The second kappa shape index (κ2) is 6.73. The van der Waals surface area contributed by atoms with Crippen LogP contribution in [0.2, 0.25) is 0 Å². The molecule has 1 aliphatic rings. The molecular formula is C18H19F2NO3. The van der Waals surface area contributed by atoms with Crippen molar-refractivity contribution in [3.63, 3.8) is 0 Å². The van der Waals surface area contributed by atoms with E-state index in [0.717, 1.165) is 0 Å². The highest BCUT2D eigenvalue weighted by molar-refractivity contribution is 5.83. The summed E-state index contributed by atoms with van der Waals surface area (Å²) in [5, 5.41) is 12.8. The monoisotopic (exact) mass is 335 g/mol. The lowest BCUT2D eigenvalue weighted by Crippen LogP contribution is -2.35. The van der Waals surface area contributed by atoms with Gasteiger partial charge in [-0.2, -0.15) is 0 Å². The number of nitrogens with one attached hydrogen (secondary N) is 1. The van der Waals surface area contributed by atoms with Gasteiger partial charge in [0.05, 0.1) is 6.26 Å². The van der Waals surface area contributed by atoms with E-state index >= 15 is 0 Å². The van der Waals surface area contributed by atoms with Crippen LogP contribution in [-0.4, -0.2) is 17.1 Å². The van der Waals surface area contributed by atoms with Crippen molar-refractivity contribution in [3.05, 3.63) is 59.6 Å². The van der Waals surface area contributed by atoms with Gasteiger partial charge in [0, 0.05) is 29.9 Å². The molecule has 4 nitrogen and oxygen atoms in total. The zero-order valence-corrected chi connectivity index (χ0v) is 13.2. The van der Waals surface area contributed by atoms with Crippen molar-refractivity contribution in [2.75, 3.05) is 0 Å². The number of hydrogen-bond donors (Lipinski definition) is 2. The highest BCUT2D eigenvalue weighted by Crippen LogP contribution is 2.49. The lowest BCUT2D eigenvalue weighted by atomic mass is 10.1. The number of amides is 1. The Bertz CT molecular complexity index is 697. The zero-order valence-electron chi connectivity index (χ0n) is 13.2. The highest BCUT2D eigenvalue weighted by Gasteiger charge is 2.46. The molecule has 1 heterocycles. The third-order valence-corrected chi connectivity index (χ3v) is 4.33. The van der Waals surface area contributed by atoms with Crippen LogP contribution in [0.1, 0.15) is 43.1 Å². The minimum absolute atomic E-state index is 0.0130. The lowest BCUT2D eigenvalue weighted by Gasteiger charge is -2.17. The fourth-order valence-electron chi connectivity index (χ4n) is 3.01. The van der Waals surface area contributed by atoms with E-state index in [-0.39, 0.29) is 17.5 Å². The van der Waals surface area contributed by atoms with Crippen LogP contribution < -0.4 is 5.32 Å². The van der Waals surface area contributed by atoms with E-state index in [1.54, 1.807) is 19.1 Å². The van der Waals surface area contributed by atoms with Gasteiger partial charge >= 0.3 is 0 Å². The molecule has 24 heavy (non-hydrogen) atoms. The van der Waals surface area contributed by atoms with Crippen molar-refractivity contribution in [2.24, 2.45) is 5.92 Å². The van der Waals surface area contributed by atoms with Gasteiger partial charge < -0.3 is 14.8 Å². The van der Waals surface area contributed by atoms with Crippen molar-refractivity contribution in [2.45, 2.75) is 37.8 Å². The maximum Gasteiger partial charge on any atom is 0.223 e. The van der Waals surface area contributed by atoms with E-state index < -0.39 is 29.6 Å². The Morgan fingerprint density at radius 1 is 1.33 bits per heavy atom. The first-order chi connectivity index (χ1) is 11.5. The molecule has 2 aromatic rings. The Morgan fingerprint density at radius 3 is 2.67 bits per heavy atom. The number of aliphatic hydroxyl groups is 1. The quantitative estimate of drug-likeness (QED) is 0.851. The van der Waals surface area contributed by atoms with Crippen LogP contribution in [0.5, 0.6) is 0 Å². The zero-order chi connectivity index (χ0) is 17.3. The Kier molecular flexibility index (Phi) is 4.66. The van der Waals surface area contributed by atoms with E-state index in [9.17, 15) is 18.7 Å². The molecule has 0 aliphatic heterocycles. The second-order valence-electron chi connectivity index (χ2n) is 6.26. The highest BCUT2D eigenvalue weighted by atomic mass is 19.1. The summed E-state index contributed by atoms with van der Waals surface area (Å²) in [6.07, 6.45) is 1.39. The standard InChI is InChI=1S/C18H19F2NO3/c1-10(8-15(22)16-6-3-7-24-16)21-18(23)12-9-11(12)17-13(19)4-2-5-14(17)20/h2-7,10-12,15,22H,8-9H2,1H3,(H,21,23). The van der Waals surface area contributed by atoms with Gasteiger partial charge in [-0.05, 0) is 37.6 Å². The third-order valence-electron chi connectivity index (χ3n) is 4.33. The molecule has 4 unspecified atom stereocenters. The van der Waals surface area contributed by atoms with Gasteiger partial charge in [-0.1, -0.05) is 6.07 Å². The Balaban J connectivity index is 1.55. The van der Waals surface area contributed by atoms with Crippen molar-refractivity contribution in [1.82, 2.24) is 5.32 Å². The summed E-state index contributed by atoms with van der Waals surface area (Å²) in [4.78, 5) is 12.2. The fraction of sp³-hybridized carbons (Fsp3) is 0.389. The Labute approximate surface area is 138 Å². The molecule has 3 rings (SSSR count). The molecule has 0 spiro atoms. The van der Waals surface area contributed by atoms with Crippen LogP contribution in [0, 0.1) is 17.6 Å². The van der Waals surface area contributed by atoms with Gasteiger partial charge in [0.15, 0.2) is 0 Å². The molecule has 1 aromatic carbocycles. The number of furan rings is 1. The predicted molar refractivity (Wildman–Crippen MR) is 83.1 cm³/mol. The average molecular weight is 335 g/mol. The summed E-state index contributed by atoms with van der Waals surface area (Å²) in [6.45, 7) is 1.77. The first kappa shape index (κ1) is 16.6. The van der Waals surface area contributed by atoms with Gasteiger partial charge in [0.1, 0.15) is 23.5 Å². The first-order valence-corrected chi connectivity index (χ1v) is 7.93. The first-order valence-electron chi connectivity index (χ1n) is 7.93. The SMILES string of the molecule is CC(CC(O)c1ccco1)NC(=O)C1CC1c1c(F)cccc1F. The van der Waals surface area contributed by atoms with E-state index in [2.05, 4.69) is 5.32 Å². The van der Waals surface area contributed by atoms with Crippen LogP contribution >= 0.6 is 0 Å². The number of benzene rings is 1. The number of hydrogen-bond acceptors (Lipinski definition) is 3. The molecule has 0 bridgehead atoms. The fourth-order valence-corrected chi connectivity index (χ4v) is 3.01. The van der Waals surface area contributed by atoms with Gasteiger partial charge in [0.2, 0.25) is 5.91 Å². The van der Waals surface area contributed by atoms with E-state index in [1.165, 1.54) is 24.5 Å². The van der Waals surface area contributed by atoms with E-state index in [4.69, 9.17) is 4.42 Å². The molecule has 1 aromatic heterocycles. The maximum atomic E-state index is 13.8. The van der Waals surface area contributed by atoms with Crippen molar-refractivity contribution in [3.8, 4) is 0 Å². The van der Waals surface area contributed by atoms with Crippen LogP contribution in [-0.2, 0) is 4.79 Å². The summed E-state index contributed by atoms with van der Waals surface area (Å²) in [5.74, 6) is -1.89. The van der Waals surface area contributed by atoms with Crippen LogP contribution in [0.15, 0.2) is 41.0 Å². The molecule has 0 saturated heterocycles. The summed E-state index contributed by atoms with van der Waals surface area (Å²) >= 11 is 0. The Morgan fingerprint density at radius 2 is 2.04 bits per heavy atom. The molecule has 2 N–H and O–H groups in total. The molecule has 6 heteroatoms. The smallest absolute Gasteiger partial charge is 0.223 e. The van der Waals surface area contributed by atoms with Gasteiger partial charge in [0.25, 0.3) is 0 Å². The minimum Gasteiger partial charge on any atom is -0.467 e. The van der Waals surface area contributed by atoms with Crippen molar-refractivity contribution in [1.29, 1.82) is 0 Å². The molecule has 128 valence electrons. The summed E-state index contributed by atoms with van der Waals surface area (Å²) in [5.41, 5.74) is -0.0130. The van der Waals surface area contributed by atoms with E-state index in [0.29, 0.717) is 18.6 Å². The molecule has 4 atom stereocenters. The average Bonchev–Trinajstić information content (AvgIpc) is 3.09. The molecule has 0 radical (unpaired) electrons. The number of carbonyl (C=O) groups excluding carboxylic acids is 1. The van der Waals surface area contributed by atoms with E-state index in [1.807, 2.05) is 0 Å². The normalized spacial score (nSPS) is 22.0. The third kappa shape index (κ3) is 3.48. The molecule has 1 aliphatic carbocycles. The van der Waals surface area contributed by atoms with Gasteiger partial charge in [-0.25, -0.2) is 8.78 Å². The van der Waals surface area contributed by atoms with Crippen LogP contribution in [0.25, 0.3) is 0 Å². The van der Waals surface area contributed by atoms with Crippen LogP contribution in [0.4, 0.5) is 8.78 Å². The van der Waals surface area contributed by atoms with Crippen LogP contribution in [0.3, 0.4) is 0 Å². The topological polar surface area (TPSA) is 62.5 Å². The number of carbonyl (C=O) groups is 1. The van der Waals surface area contributed by atoms with Crippen molar-refractivity contribution < 1.29 is 23.1 Å². The number of rotatable bonds is 6. The molecule has 1 fully saturated rings. The summed E-state index contributed by atoms with van der Waals surface area (Å²) in [7, 11) is 0. The largest absolute Gasteiger partial charge is 0.467 e. The second-order valence-corrected chi connectivity index (χ2v) is 6.26. The molecule has 1 amide bonds. The Hall–Kier alpha value is -2.21. The number of aliphatic hydroxyl groups excluding tert-OH is 1. The van der Waals surface area contributed by atoms with Gasteiger partial charge in [-0.3, -0.25) is 4.79 Å². The maximum absolute atomic E-state index is 13.8. The minimum atomic E-state index is -0.811.